The molecule has 0 radical (unpaired) electrons. The van der Waals surface area contributed by atoms with Crippen LogP contribution in [-0.4, -0.2) is 9.97 Å². The van der Waals surface area contributed by atoms with E-state index in [0.717, 1.165) is 33.9 Å². The molecule has 4 heterocycles. The fourth-order valence-corrected chi connectivity index (χ4v) is 11.2. The highest BCUT2D eigenvalue weighted by atomic mass is 32.2. The van der Waals surface area contributed by atoms with E-state index < -0.39 is 5.41 Å². The Morgan fingerprint density at radius 1 is 0.450 bits per heavy atom. The van der Waals surface area contributed by atoms with E-state index >= 15 is 0 Å². The topological polar surface area (TPSA) is 32.3 Å². The summed E-state index contributed by atoms with van der Waals surface area (Å²) in [5.41, 5.74) is 16.6. The Bertz CT molecular complexity index is 3010. The first-order chi connectivity index (χ1) is 29.7. The minimum Gasteiger partial charge on any atom is -0.310 e. The summed E-state index contributed by atoms with van der Waals surface area (Å²) in [7, 11) is 0. The van der Waals surface area contributed by atoms with E-state index in [0.29, 0.717) is 5.95 Å². The second-order valence-electron chi connectivity index (χ2n) is 15.7. The van der Waals surface area contributed by atoms with Gasteiger partial charge in [-0.15, -0.1) is 0 Å². The summed E-state index contributed by atoms with van der Waals surface area (Å²) < 4.78 is 0. The van der Waals surface area contributed by atoms with Crippen LogP contribution in [0, 0.1) is 0 Å². The van der Waals surface area contributed by atoms with E-state index in [1.807, 2.05) is 11.8 Å². The molecule has 0 N–H and O–H groups in total. The molecule has 1 spiro atoms. The van der Waals surface area contributed by atoms with Crippen LogP contribution in [-0.2, 0) is 5.41 Å². The fourth-order valence-electron chi connectivity index (χ4n) is 9.96. The molecular weight excluding hydrogens is 749 g/mol. The molecule has 5 heteroatoms. The van der Waals surface area contributed by atoms with Crippen molar-refractivity contribution < 1.29 is 0 Å². The predicted molar refractivity (Wildman–Crippen MR) is 246 cm³/mol. The molecule has 3 aliphatic rings. The van der Waals surface area contributed by atoms with Crippen LogP contribution in [0.1, 0.15) is 40.8 Å². The molecule has 284 valence electrons. The average molecular weight is 787 g/mol. The minimum absolute atomic E-state index is 0.0552. The smallest absolute Gasteiger partial charge is 0.231 e. The lowest BCUT2D eigenvalue weighted by atomic mass is 9.62. The maximum atomic E-state index is 5.45. The quantitative estimate of drug-likeness (QED) is 0.177. The number of rotatable bonds is 4. The molecule has 0 amide bonds. The third-order valence-electron chi connectivity index (χ3n) is 12.5. The van der Waals surface area contributed by atoms with E-state index in [2.05, 4.69) is 223 Å². The molecule has 8 aromatic carbocycles. The van der Waals surface area contributed by atoms with E-state index in [1.54, 1.807) is 0 Å². The van der Waals surface area contributed by atoms with Crippen molar-refractivity contribution in [1.29, 1.82) is 0 Å². The zero-order valence-electron chi connectivity index (χ0n) is 32.9. The number of fused-ring (bicyclic) bond motifs is 11. The zero-order chi connectivity index (χ0) is 39.8. The van der Waals surface area contributed by atoms with Crippen molar-refractivity contribution in [2.24, 2.45) is 0 Å². The van der Waals surface area contributed by atoms with Gasteiger partial charge >= 0.3 is 0 Å². The number of nitrogens with zero attached hydrogens (tertiary/aromatic N) is 4. The van der Waals surface area contributed by atoms with Crippen LogP contribution in [0.15, 0.2) is 216 Å². The van der Waals surface area contributed by atoms with Crippen LogP contribution in [0.25, 0.3) is 33.6 Å². The Kier molecular flexibility index (Phi) is 7.94. The fraction of sp³-hybridized carbons (Fsp3) is 0.0545. The number of aromatic nitrogens is 2. The molecule has 9 aromatic rings. The molecule has 60 heavy (non-hydrogen) atoms. The van der Waals surface area contributed by atoms with Crippen molar-refractivity contribution in [2.75, 3.05) is 9.80 Å². The van der Waals surface area contributed by atoms with Gasteiger partial charge in [-0.25, -0.2) is 9.97 Å². The second-order valence-corrected chi connectivity index (χ2v) is 16.8. The molecule has 0 bridgehead atoms. The van der Waals surface area contributed by atoms with E-state index in [4.69, 9.17) is 9.97 Å². The van der Waals surface area contributed by atoms with Crippen LogP contribution in [0.3, 0.4) is 0 Å². The standard InChI is InChI=1S/C55H38N4S/c1-36-40-25-11-12-26-41(40)42-33-53-46(34-51(42)58(36)54-56-47(37-19-5-2-6-20-37)35-48(57-54)38-21-7-3-8-22-38)55(45-29-15-18-32-52(45)60-53)43-27-13-16-30-49(43)59(39-23-9-4-10-24-39)50-31-17-14-28-44(50)55/h2-36H,1H3. The normalized spacial score (nSPS) is 15.2. The maximum absolute atomic E-state index is 5.45. The van der Waals surface area contributed by atoms with Gasteiger partial charge < -0.3 is 9.80 Å². The SMILES string of the molecule is CC1c2ccccc2-c2cc3c(cc2N1c1nc(-c2ccccc2)cc(-c2ccccc2)n1)C1(c2ccccc2S3)c2ccccc2N(c2ccccc2)c2ccccc21. The number of anilines is 5. The van der Waals surface area contributed by atoms with Crippen LogP contribution in [0.5, 0.6) is 0 Å². The van der Waals surface area contributed by atoms with Gasteiger partial charge in [-0.05, 0) is 88.8 Å². The van der Waals surface area contributed by atoms with Crippen molar-refractivity contribution in [2.45, 2.75) is 28.2 Å². The van der Waals surface area contributed by atoms with Crippen LogP contribution >= 0.6 is 11.8 Å². The van der Waals surface area contributed by atoms with Gasteiger partial charge in [0.15, 0.2) is 0 Å². The Balaban J connectivity index is 1.17. The molecule has 0 fully saturated rings. The van der Waals surface area contributed by atoms with Gasteiger partial charge in [0.2, 0.25) is 5.95 Å². The monoisotopic (exact) mass is 786 g/mol. The first-order valence-corrected chi connectivity index (χ1v) is 21.4. The van der Waals surface area contributed by atoms with Gasteiger partial charge in [0.05, 0.1) is 39.9 Å². The van der Waals surface area contributed by atoms with Crippen molar-refractivity contribution in [3.63, 3.8) is 0 Å². The Morgan fingerprint density at radius 2 is 0.983 bits per heavy atom. The van der Waals surface area contributed by atoms with Gasteiger partial charge in [0, 0.05) is 32.2 Å². The molecule has 1 aromatic heterocycles. The molecule has 3 aliphatic heterocycles. The zero-order valence-corrected chi connectivity index (χ0v) is 33.7. The van der Waals surface area contributed by atoms with Crippen LogP contribution in [0.2, 0.25) is 0 Å². The Hall–Kier alpha value is -7.21. The Morgan fingerprint density at radius 3 is 1.63 bits per heavy atom. The number of hydrogen-bond donors (Lipinski definition) is 0. The van der Waals surface area contributed by atoms with E-state index in [1.165, 1.54) is 60.1 Å². The minimum atomic E-state index is -0.626. The number of para-hydroxylation sites is 3. The molecule has 12 rings (SSSR count). The number of benzene rings is 8. The third-order valence-corrected chi connectivity index (χ3v) is 13.7. The summed E-state index contributed by atoms with van der Waals surface area (Å²) in [6.45, 7) is 2.30. The summed E-state index contributed by atoms with van der Waals surface area (Å²) in [5, 5.41) is 0. The highest BCUT2D eigenvalue weighted by Crippen LogP contribution is 2.64. The lowest BCUT2D eigenvalue weighted by molar-refractivity contribution is 0.687. The van der Waals surface area contributed by atoms with Gasteiger partial charge in [0.25, 0.3) is 0 Å². The summed E-state index contributed by atoms with van der Waals surface area (Å²) in [6.07, 6.45) is 0. The molecule has 1 unspecified atom stereocenters. The lowest BCUT2D eigenvalue weighted by Crippen LogP contribution is -2.40. The van der Waals surface area contributed by atoms with Gasteiger partial charge in [0.1, 0.15) is 0 Å². The molecule has 1 atom stereocenters. The van der Waals surface area contributed by atoms with Gasteiger partial charge in [-0.3, -0.25) is 0 Å². The highest BCUT2D eigenvalue weighted by Gasteiger charge is 2.51. The lowest BCUT2D eigenvalue weighted by Gasteiger charge is -2.49. The second kappa shape index (κ2) is 13.7. The molecule has 0 saturated carbocycles. The Labute approximate surface area is 354 Å². The maximum Gasteiger partial charge on any atom is 0.231 e. The van der Waals surface area contributed by atoms with Gasteiger partial charge in [-0.1, -0.05) is 169 Å². The van der Waals surface area contributed by atoms with Crippen molar-refractivity contribution >= 4 is 40.5 Å². The van der Waals surface area contributed by atoms with E-state index in [-0.39, 0.29) is 6.04 Å². The first-order valence-electron chi connectivity index (χ1n) is 20.6. The number of hydrogen-bond acceptors (Lipinski definition) is 5. The predicted octanol–water partition coefficient (Wildman–Crippen LogP) is 14.3. The van der Waals surface area contributed by atoms with Crippen molar-refractivity contribution in [3.8, 4) is 33.6 Å². The van der Waals surface area contributed by atoms with Crippen molar-refractivity contribution in [3.05, 3.63) is 234 Å². The summed E-state index contributed by atoms with van der Waals surface area (Å²) in [5.74, 6) is 0.677. The van der Waals surface area contributed by atoms with Gasteiger partial charge in [-0.2, -0.15) is 0 Å². The first kappa shape index (κ1) is 34.8. The van der Waals surface area contributed by atoms with Crippen LogP contribution in [0.4, 0.5) is 28.7 Å². The molecule has 0 aliphatic carbocycles. The van der Waals surface area contributed by atoms with Crippen molar-refractivity contribution in [1.82, 2.24) is 9.97 Å². The van der Waals surface area contributed by atoms with Crippen LogP contribution < -0.4 is 9.80 Å². The average Bonchev–Trinajstić information content (AvgIpc) is 3.32. The largest absolute Gasteiger partial charge is 0.310 e. The third kappa shape index (κ3) is 5.12. The molecule has 4 nitrogen and oxygen atoms in total. The summed E-state index contributed by atoms with van der Waals surface area (Å²) in [4.78, 5) is 18.2. The molecular formula is C55H38N4S. The highest BCUT2D eigenvalue weighted by molar-refractivity contribution is 7.99. The molecule has 0 saturated heterocycles. The summed E-state index contributed by atoms with van der Waals surface area (Å²) >= 11 is 1.88. The van der Waals surface area contributed by atoms with E-state index in [9.17, 15) is 0 Å². The summed E-state index contributed by atoms with van der Waals surface area (Å²) in [6, 6.07) is 74.7.